The molecule has 4 rings (SSSR count). The Morgan fingerprint density at radius 1 is 1.27 bits per heavy atom. The average Bonchev–Trinajstić information content (AvgIpc) is 3.10. The zero-order valence-corrected chi connectivity index (χ0v) is 16.9. The lowest BCUT2D eigenvalue weighted by Gasteiger charge is -2.33. The summed E-state index contributed by atoms with van der Waals surface area (Å²) in [5, 5.41) is 0.320. The van der Waals surface area contributed by atoms with Crippen LogP contribution in [0.2, 0.25) is 5.15 Å². The average molecular weight is 436 g/mol. The van der Waals surface area contributed by atoms with E-state index in [0.29, 0.717) is 23.0 Å². The highest BCUT2D eigenvalue weighted by atomic mass is 35.5. The molecule has 1 aliphatic rings. The maximum absolute atomic E-state index is 13.1. The van der Waals surface area contributed by atoms with Gasteiger partial charge >= 0.3 is 6.18 Å². The number of imidazole rings is 1. The molecule has 1 amide bonds. The molecule has 1 atom stereocenters. The number of halogens is 4. The van der Waals surface area contributed by atoms with Crippen molar-refractivity contribution in [1.29, 1.82) is 0 Å². The lowest BCUT2D eigenvalue weighted by Crippen LogP contribution is -2.46. The molecule has 30 heavy (non-hydrogen) atoms. The summed E-state index contributed by atoms with van der Waals surface area (Å²) >= 11 is 6.00. The van der Waals surface area contributed by atoms with E-state index in [1.807, 2.05) is 13.8 Å². The Hall–Kier alpha value is -2.94. The molecule has 10 heteroatoms. The van der Waals surface area contributed by atoms with Crippen molar-refractivity contribution >= 4 is 17.5 Å². The van der Waals surface area contributed by atoms with Crippen LogP contribution in [-0.4, -0.2) is 36.4 Å². The van der Waals surface area contributed by atoms with Gasteiger partial charge in [0, 0.05) is 43.3 Å². The van der Waals surface area contributed by atoms with Crippen molar-refractivity contribution in [3.63, 3.8) is 0 Å². The van der Waals surface area contributed by atoms with Crippen molar-refractivity contribution in [3.05, 3.63) is 64.6 Å². The summed E-state index contributed by atoms with van der Waals surface area (Å²) in [5.41, 5.74) is 1.61. The van der Waals surface area contributed by atoms with E-state index in [-0.39, 0.29) is 24.3 Å². The van der Waals surface area contributed by atoms with Crippen LogP contribution in [0, 0.1) is 6.92 Å². The van der Waals surface area contributed by atoms with Gasteiger partial charge in [-0.15, -0.1) is 0 Å². The van der Waals surface area contributed by atoms with Gasteiger partial charge < -0.3 is 9.47 Å². The van der Waals surface area contributed by atoms with E-state index in [4.69, 9.17) is 11.6 Å². The van der Waals surface area contributed by atoms with E-state index in [1.165, 1.54) is 11.0 Å². The minimum absolute atomic E-state index is 0.0356. The monoisotopic (exact) mass is 435 g/mol. The molecule has 0 bridgehead atoms. The van der Waals surface area contributed by atoms with Gasteiger partial charge in [0.05, 0.1) is 5.69 Å². The van der Waals surface area contributed by atoms with E-state index in [9.17, 15) is 18.0 Å². The summed E-state index contributed by atoms with van der Waals surface area (Å²) in [5.74, 6) is -0.108. The Kier molecular flexibility index (Phi) is 5.01. The van der Waals surface area contributed by atoms with Crippen LogP contribution >= 0.6 is 11.6 Å². The third-order valence-electron chi connectivity index (χ3n) is 5.04. The van der Waals surface area contributed by atoms with Crippen LogP contribution in [0.5, 0.6) is 0 Å². The van der Waals surface area contributed by atoms with Crippen LogP contribution in [0.15, 0.2) is 36.8 Å². The van der Waals surface area contributed by atoms with Gasteiger partial charge in [-0.05, 0) is 43.2 Å². The Morgan fingerprint density at radius 3 is 2.77 bits per heavy atom. The third-order valence-corrected chi connectivity index (χ3v) is 5.24. The number of pyridine rings is 2. The van der Waals surface area contributed by atoms with Gasteiger partial charge in [-0.2, -0.15) is 13.2 Å². The molecule has 0 fully saturated rings. The van der Waals surface area contributed by atoms with E-state index >= 15 is 0 Å². The highest BCUT2D eigenvalue weighted by Crippen LogP contribution is 2.30. The number of aromatic nitrogens is 4. The van der Waals surface area contributed by atoms with Crippen molar-refractivity contribution in [2.75, 3.05) is 0 Å². The van der Waals surface area contributed by atoms with Crippen molar-refractivity contribution in [3.8, 4) is 11.3 Å². The van der Waals surface area contributed by atoms with Gasteiger partial charge in [0.2, 0.25) is 0 Å². The molecule has 0 saturated heterocycles. The van der Waals surface area contributed by atoms with Crippen LogP contribution in [-0.2, 0) is 19.3 Å². The quantitative estimate of drug-likeness (QED) is 0.573. The highest BCUT2D eigenvalue weighted by molar-refractivity contribution is 6.29. The molecular formula is C20H17ClF3N5O. The summed E-state index contributed by atoms with van der Waals surface area (Å²) in [7, 11) is 0. The number of fused-ring (bicyclic) bond motifs is 1. The van der Waals surface area contributed by atoms with Crippen molar-refractivity contribution in [2.24, 2.45) is 0 Å². The molecular weight excluding hydrogens is 419 g/mol. The molecule has 0 spiro atoms. The van der Waals surface area contributed by atoms with Crippen LogP contribution in [0.25, 0.3) is 11.3 Å². The molecule has 3 aromatic heterocycles. The second kappa shape index (κ2) is 7.39. The number of nitrogens with zero attached hydrogens (tertiary/aromatic N) is 5. The molecule has 0 radical (unpaired) electrons. The number of amides is 1. The normalized spacial score (nSPS) is 16.7. The maximum Gasteiger partial charge on any atom is 0.433 e. The largest absolute Gasteiger partial charge is 0.433 e. The minimum Gasteiger partial charge on any atom is -0.327 e. The summed E-state index contributed by atoms with van der Waals surface area (Å²) in [4.78, 5) is 26.5. The Balaban J connectivity index is 1.64. The zero-order chi connectivity index (χ0) is 21.6. The predicted molar refractivity (Wildman–Crippen MR) is 104 cm³/mol. The number of alkyl halides is 3. The first-order valence-corrected chi connectivity index (χ1v) is 9.54. The molecule has 0 unspecified atom stereocenters. The molecule has 0 aliphatic carbocycles. The molecule has 156 valence electrons. The standard InChI is InChI=1S/C20H17ClF3N5O/c1-11-7-26-17(21)6-14(11)15-10-28-8-12(2)29(19(30)18(28)27-15)9-13-3-4-25-16(5-13)20(22,23)24/h3-7,10,12H,8-9H2,1-2H3/t12-/m0/s1. The van der Waals surface area contributed by atoms with Gasteiger partial charge in [0.25, 0.3) is 5.91 Å². The van der Waals surface area contributed by atoms with Crippen LogP contribution in [0.1, 0.15) is 34.4 Å². The minimum atomic E-state index is -4.54. The smallest absolute Gasteiger partial charge is 0.327 e. The van der Waals surface area contributed by atoms with E-state index < -0.39 is 11.9 Å². The molecule has 0 N–H and O–H groups in total. The first kappa shape index (κ1) is 20.3. The summed E-state index contributed by atoms with van der Waals surface area (Å²) < 4.78 is 40.6. The predicted octanol–water partition coefficient (Wildman–Crippen LogP) is 4.37. The SMILES string of the molecule is Cc1cnc(Cl)cc1-c1cn2c(n1)C(=O)N(Cc1ccnc(C(F)(F)F)c1)[C@@H](C)C2. The molecule has 0 saturated carbocycles. The molecule has 6 nitrogen and oxygen atoms in total. The summed E-state index contributed by atoms with van der Waals surface area (Å²) in [6.07, 6.45) is -0.0169. The lowest BCUT2D eigenvalue weighted by atomic mass is 10.1. The van der Waals surface area contributed by atoms with Crippen molar-refractivity contribution < 1.29 is 18.0 Å². The number of carbonyl (C=O) groups is 1. The summed E-state index contributed by atoms with van der Waals surface area (Å²) in [6, 6.07) is 3.91. The highest BCUT2D eigenvalue weighted by Gasteiger charge is 2.34. The Bertz CT molecular complexity index is 1130. The van der Waals surface area contributed by atoms with Crippen molar-refractivity contribution in [2.45, 2.75) is 39.2 Å². The van der Waals surface area contributed by atoms with E-state index in [1.54, 1.807) is 23.0 Å². The molecule has 4 heterocycles. The fraction of sp³-hybridized carbons (Fsp3) is 0.300. The van der Waals surface area contributed by atoms with Crippen LogP contribution in [0.3, 0.4) is 0 Å². The number of aryl methyl sites for hydroxylation is 1. The number of carbonyl (C=O) groups excluding carboxylic acids is 1. The van der Waals surface area contributed by atoms with Gasteiger partial charge in [-0.1, -0.05) is 11.6 Å². The fourth-order valence-electron chi connectivity index (χ4n) is 3.49. The van der Waals surface area contributed by atoms with Crippen LogP contribution < -0.4 is 0 Å². The maximum atomic E-state index is 13.1. The van der Waals surface area contributed by atoms with Crippen molar-refractivity contribution in [1.82, 2.24) is 24.4 Å². The molecule has 0 aromatic carbocycles. The van der Waals surface area contributed by atoms with E-state index in [2.05, 4.69) is 15.0 Å². The van der Waals surface area contributed by atoms with Gasteiger partial charge in [0.15, 0.2) is 5.82 Å². The first-order chi connectivity index (χ1) is 14.1. The fourth-order valence-corrected chi connectivity index (χ4v) is 3.65. The zero-order valence-electron chi connectivity index (χ0n) is 16.1. The second-order valence-corrected chi connectivity index (χ2v) is 7.64. The van der Waals surface area contributed by atoms with Gasteiger partial charge in [-0.3, -0.25) is 9.78 Å². The van der Waals surface area contributed by atoms with Crippen LogP contribution in [0.4, 0.5) is 13.2 Å². The molecule has 3 aromatic rings. The number of hydrogen-bond donors (Lipinski definition) is 0. The third kappa shape index (κ3) is 3.77. The molecule has 1 aliphatic heterocycles. The van der Waals surface area contributed by atoms with Gasteiger partial charge in [-0.25, -0.2) is 9.97 Å². The number of hydrogen-bond acceptors (Lipinski definition) is 4. The lowest BCUT2D eigenvalue weighted by molar-refractivity contribution is -0.141. The first-order valence-electron chi connectivity index (χ1n) is 9.16. The summed E-state index contributed by atoms with van der Waals surface area (Å²) in [6.45, 7) is 4.23. The second-order valence-electron chi connectivity index (χ2n) is 7.25. The van der Waals surface area contributed by atoms with E-state index in [0.717, 1.165) is 23.4 Å². The Morgan fingerprint density at radius 2 is 2.03 bits per heavy atom. The topological polar surface area (TPSA) is 63.9 Å². The number of rotatable bonds is 3. The Labute approximate surface area is 175 Å². The van der Waals surface area contributed by atoms with Gasteiger partial charge in [0.1, 0.15) is 10.8 Å².